The first-order valence-corrected chi connectivity index (χ1v) is 6.31. The molecular formula is C10H17OP. The van der Waals surface area contributed by atoms with Crippen molar-refractivity contribution in [2.45, 2.75) is 43.7 Å². The summed E-state index contributed by atoms with van der Waals surface area (Å²) in [5.41, 5.74) is 0. The maximum absolute atomic E-state index is 11.3. The smallest absolute Gasteiger partial charge is 0.0704 e. The fourth-order valence-electron chi connectivity index (χ4n) is 4.32. The van der Waals surface area contributed by atoms with Crippen molar-refractivity contribution < 1.29 is 4.57 Å². The standard InChI is InChI=1S/C10H17OP/c11-12-10-4-7-1-8(5-10)3-9(2-7)6-10/h7-9H,1-6,12H2. The zero-order valence-corrected chi connectivity index (χ0v) is 8.61. The maximum Gasteiger partial charge on any atom is 0.0704 e. The van der Waals surface area contributed by atoms with Crippen LogP contribution >= 0.6 is 8.46 Å². The predicted octanol–water partition coefficient (Wildman–Crippen LogP) is 2.71. The second-order valence-electron chi connectivity index (χ2n) is 5.40. The Kier molecular flexibility index (Phi) is 1.51. The van der Waals surface area contributed by atoms with E-state index in [1.54, 1.807) is 0 Å². The van der Waals surface area contributed by atoms with Gasteiger partial charge in [-0.15, -0.1) is 0 Å². The Morgan fingerprint density at radius 3 is 1.67 bits per heavy atom. The van der Waals surface area contributed by atoms with Crippen LogP contribution in [-0.4, -0.2) is 5.16 Å². The summed E-state index contributed by atoms with van der Waals surface area (Å²) in [5.74, 6) is 2.91. The first-order chi connectivity index (χ1) is 5.80. The molecule has 0 aromatic carbocycles. The average Bonchev–Trinajstić information content (AvgIpc) is 2.02. The third-order valence-corrected chi connectivity index (χ3v) is 5.54. The molecule has 0 radical (unpaired) electrons. The Morgan fingerprint density at radius 2 is 1.33 bits per heavy atom. The highest BCUT2D eigenvalue weighted by Gasteiger charge is 2.50. The van der Waals surface area contributed by atoms with E-state index in [2.05, 4.69) is 0 Å². The molecule has 0 aromatic rings. The normalized spacial score (nSPS) is 57.2. The van der Waals surface area contributed by atoms with E-state index in [-0.39, 0.29) is 0 Å². The topological polar surface area (TPSA) is 17.1 Å². The summed E-state index contributed by atoms with van der Waals surface area (Å²) >= 11 is 0. The van der Waals surface area contributed by atoms with Crippen LogP contribution in [0.3, 0.4) is 0 Å². The van der Waals surface area contributed by atoms with Gasteiger partial charge in [0.15, 0.2) is 0 Å². The molecule has 68 valence electrons. The van der Waals surface area contributed by atoms with E-state index in [1.807, 2.05) is 0 Å². The van der Waals surface area contributed by atoms with Crippen molar-refractivity contribution in [3.8, 4) is 0 Å². The largest absolute Gasteiger partial charge is 0.330 e. The fraction of sp³-hybridized carbons (Fsp3) is 1.00. The maximum atomic E-state index is 11.3. The number of hydrogen-bond acceptors (Lipinski definition) is 1. The van der Waals surface area contributed by atoms with E-state index in [9.17, 15) is 4.57 Å². The molecule has 4 fully saturated rings. The van der Waals surface area contributed by atoms with E-state index in [0.29, 0.717) is 5.16 Å². The van der Waals surface area contributed by atoms with Crippen LogP contribution < -0.4 is 0 Å². The van der Waals surface area contributed by atoms with Gasteiger partial charge in [0.25, 0.3) is 0 Å². The molecule has 0 aromatic heterocycles. The molecule has 1 nitrogen and oxygen atoms in total. The Balaban J connectivity index is 1.95. The molecule has 4 rings (SSSR count). The van der Waals surface area contributed by atoms with Gasteiger partial charge in [0.05, 0.1) is 8.46 Å². The monoisotopic (exact) mass is 184 g/mol. The van der Waals surface area contributed by atoms with Crippen molar-refractivity contribution in [1.29, 1.82) is 0 Å². The van der Waals surface area contributed by atoms with Crippen molar-refractivity contribution in [3.63, 3.8) is 0 Å². The molecule has 4 bridgehead atoms. The Morgan fingerprint density at radius 1 is 0.917 bits per heavy atom. The van der Waals surface area contributed by atoms with Crippen LogP contribution in [0.25, 0.3) is 0 Å². The number of hydrogen-bond donors (Lipinski definition) is 0. The molecule has 12 heavy (non-hydrogen) atoms. The molecule has 4 aliphatic rings. The molecule has 1 atom stereocenters. The van der Waals surface area contributed by atoms with Crippen LogP contribution in [-0.2, 0) is 4.57 Å². The van der Waals surface area contributed by atoms with Gasteiger partial charge in [-0.25, -0.2) is 0 Å². The predicted molar refractivity (Wildman–Crippen MR) is 51.3 cm³/mol. The molecular weight excluding hydrogens is 167 g/mol. The highest BCUT2D eigenvalue weighted by molar-refractivity contribution is 7.26. The summed E-state index contributed by atoms with van der Waals surface area (Å²) in [5, 5.41) is 0.370. The van der Waals surface area contributed by atoms with E-state index >= 15 is 0 Å². The number of rotatable bonds is 1. The average molecular weight is 184 g/mol. The van der Waals surface area contributed by atoms with Crippen LogP contribution in [0.5, 0.6) is 0 Å². The zero-order valence-electron chi connectivity index (χ0n) is 7.46. The van der Waals surface area contributed by atoms with Crippen LogP contribution in [0, 0.1) is 17.8 Å². The molecule has 0 saturated heterocycles. The van der Waals surface area contributed by atoms with E-state index in [4.69, 9.17) is 0 Å². The van der Waals surface area contributed by atoms with E-state index < -0.39 is 8.46 Å². The van der Waals surface area contributed by atoms with Crippen molar-refractivity contribution in [2.24, 2.45) is 17.8 Å². The van der Waals surface area contributed by atoms with Gasteiger partial charge in [-0.05, 0) is 56.3 Å². The lowest BCUT2D eigenvalue weighted by Gasteiger charge is -2.54. The van der Waals surface area contributed by atoms with Crippen molar-refractivity contribution in [1.82, 2.24) is 0 Å². The lowest BCUT2D eigenvalue weighted by atomic mass is 9.56. The van der Waals surface area contributed by atoms with Crippen molar-refractivity contribution in [2.75, 3.05) is 0 Å². The molecule has 1 unspecified atom stereocenters. The van der Waals surface area contributed by atoms with Gasteiger partial charge >= 0.3 is 0 Å². The molecule has 2 heteroatoms. The second kappa shape index (κ2) is 2.38. The second-order valence-corrected chi connectivity index (χ2v) is 6.86. The fourth-order valence-corrected chi connectivity index (χ4v) is 5.61. The van der Waals surface area contributed by atoms with E-state index in [0.717, 1.165) is 17.8 Å². The summed E-state index contributed by atoms with van der Waals surface area (Å²) in [6, 6.07) is 0. The van der Waals surface area contributed by atoms with Crippen molar-refractivity contribution >= 4 is 8.46 Å². The van der Waals surface area contributed by atoms with Gasteiger partial charge in [0.2, 0.25) is 0 Å². The third kappa shape index (κ3) is 0.954. The van der Waals surface area contributed by atoms with Gasteiger partial charge in [0, 0.05) is 5.16 Å². The first-order valence-electron chi connectivity index (χ1n) is 5.26. The Labute approximate surface area is 75.1 Å². The van der Waals surface area contributed by atoms with Crippen LogP contribution in [0.15, 0.2) is 0 Å². The molecule has 4 saturated carbocycles. The summed E-state index contributed by atoms with van der Waals surface area (Å²) in [6.07, 6.45) is 8.36. The third-order valence-electron chi connectivity index (χ3n) is 4.34. The molecule has 0 N–H and O–H groups in total. The minimum atomic E-state index is -0.495. The van der Waals surface area contributed by atoms with Gasteiger partial charge in [-0.3, -0.25) is 0 Å². The Hall–Kier alpha value is 0.230. The highest BCUT2D eigenvalue weighted by Crippen LogP contribution is 2.60. The summed E-state index contributed by atoms with van der Waals surface area (Å²) in [4.78, 5) is 0. The van der Waals surface area contributed by atoms with Gasteiger partial charge < -0.3 is 4.57 Å². The lowest BCUT2D eigenvalue weighted by molar-refractivity contribution is 0.0358. The minimum Gasteiger partial charge on any atom is -0.330 e. The Bertz CT molecular complexity index is 189. The summed E-state index contributed by atoms with van der Waals surface area (Å²) < 4.78 is 11.3. The highest BCUT2D eigenvalue weighted by atomic mass is 31.1. The lowest BCUT2D eigenvalue weighted by Crippen LogP contribution is -2.47. The van der Waals surface area contributed by atoms with Crippen LogP contribution in [0.4, 0.5) is 0 Å². The SMILES string of the molecule is O=[PH2]C12CC3CC(CC(C3)C1)C2. The quantitative estimate of drug-likeness (QED) is 0.572. The first kappa shape index (κ1) is 7.62. The van der Waals surface area contributed by atoms with Crippen LogP contribution in [0.1, 0.15) is 38.5 Å². The van der Waals surface area contributed by atoms with Crippen LogP contribution in [0.2, 0.25) is 0 Å². The van der Waals surface area contributed by atoms with Gasteiger partial charge in [-0.1, -0.05) is 0 Å². The van der Waals surface area contributed by atoms with Gasteiger partial charge in [0.1, 0.15) is 0 Å². The molecule has 4 aliphatic carbocycles. The molecule has 0 heterocycles. The zero-order chi connectivity index (χ0) is 8.18. The summed E-state index contributed by atoms with van der Waals surface area (Å²) in [6.45, 7) is 0. The molecule has 0 amide bonds. The summed E-state index contributed by atoms with van der Waals surface area (Å²) in [7, 11) is -0.495. The minimum absolute atomic E-state index is 0.370. The molecule has 0 spiro atoms. The van der Waals surface area contributed by atoms with Gasteiger partial charge in [-0.2, -0.15) is 0 Å². The molecule has 0 aliphatic heterocycles. The van der Waals surface area contributed by atoms with E-state index in [1.165, 1.54) is 38.5 Å². The van der Waals surface area contributed by atoms with Crippen molar-refractivity contribution in [3.05, 3.63) is 0 Å².